The number of carbonyl (C=O) groups excluding carboxylic acids is 1. The molecule has 0 bridgehead atoms. The van der Waals surface area contributed by atoms with E-state index in [-0.39, 0.29) is 23.5 Å². The number of hydrogen-bond donors (Lipinski definition) is 2. The van der Waals surface area contributed by atoms with E-state index in [1.165, 1.54) is 25.3 Å². The summed E-state index contributed by atoms with van der Waals surface area (Å²) in [5, 5.41) is 8.10. The summed E-state index contributed by atoms with van der Waals surface area (Å²) in [7, 11) is -2.76. The highest BCUT2D eigenvalue weighted by Gasteiger charge is 2.22. The van der Waals surface area contributed by atoms with Gasteiger partial charge in [-0.2, -0.15) is 9.61 Å². The molecule has 0 saturated carbocycles. The number of hydrogen-bond acceptors (Lipinski definition) is 7. The highest BCUT2D eigenvalue weighted by atomic mass is 35.5. The molecule has 2 heterocycles. The SMILES string of the molecule is C=Cc1cnn2c(NCCNS(=O)(=O)c3ccccc3C(=O)OC)cc(-c3ccccc3Cl)nc12. The zero-order chi connectivity index (χ0) is 25.0. The summed E-state index contributed by atoms with van der Waals surface area (Å²) in [6.07, 6.45) is 3.30. The van der Waals surface area contributed by atoms with Crippen molar-refractivity contribution in [2.45, 2.75) is 4.90 Å². The molecule has 0 aliphatic rings. The molecule has 0 radical (unpaired) electrons. The van der Waals surface area contributed by atoms with E-state index in [1.54, 1.807) is 35.0 Å². The van der Waals surface area contributed by atoms with Crippen LogP contribution in [0.1, 0.15) is 15.9 Å². The van der Waals surface area contributed by atoms with E-state index in [1.807, 2.05) is 18.2 Å². The minimum absolute atomic E-state index is 0.0378. The van der Waals surface area contributed by atoms with Crippen LogP contribution >= 0.6 is 11.6 Å². The van der Waals surface area contributed by atoms with E-state index >= 15 is 0 Å². The Hall–Kier alpha value is -3.73. The summed E-state index contributed by atoms with van der Waals surface area (Å²) < 4.78 is 34.4. The summed E-state index contributed by atoms with van der Waals surface area (Å²) in [5.41, 5.74) is 2.65. The second-order valence-electron chi connectivity index (χ2n) is 7.36. The number of halogens is 1. The molecule has 180 valence electrons. The quantitative estimate of drug-likeness (QED) is 0.259. The maximum atomic E-state index is 12.8. The van der Waals surface area contributed by atoms with Gasteiger partial charge in [0.2, 0.25) is 10.0 Å². The third-order valence-electron chi connectivity index (χ3n) is 5.17. The van der Waals surface area contributed by atoms with Gasteiger partial charge in [-0.3, -0.25) is 0 Å². The van der Waals surface area contributed by atoms with Crippen molar-refractivity contribution in [3.8, 4) is 11.3 Å². The summed E-state index contributed by atoms with van der Waals surface area (Å²) in [6.45, 7) is 4.08. The van der Waals surface area contributed by atoms with Crippen LogP contribution in [0.5, 0.6) is 0 Å². The number of carbonyl (C=O) groups is 1. The van der Waals surface area contributed by atoms with Gasteiger partial charge in [0.15, 0.2) is 5.65 Å². The van der Waals surface area contributed by atoms with Gasteiger partial charge in [0.1, 0.15) is 5.82 Å². The highest BCUT2D eigenvalue weighted by molar-refractivity contribution is 7.89. The van der Waals surface area contributed by atoms with Crippen LogP contribution in [0.3, 0.4) is 0 Å². The first-order valence-corrected chi connectivity index (χ1v) is 12.4. The van der Waals surface area contributed by atoms with Gasteiger partial charge < -0.3 is 10.1 Å². The molecule has 4 aromatic rings. The van der Waals surface area contributed by atoms with Crippen LogP contribution in [-0.2, 0) is 14.8 Å². The lowest BCUT2D eigenvalue weighted by Crippen LogP contribution is -2.30. The van der Waals surface area contributed by atoms with Gasteiger partial charge >= 0.3 is 5.97 Å². The van der Waals surface area contributed by atoms with E-state index in [2.05, 4.69) is 31.4 Å². The lowest BCUT2D eigenvalue weighted by atomic mass is 10.1. The molecule has 4 rings (SSSR count). The fourth-order valence-electron chi connectivity index (χ4n) is 3.49. The first kappa shape index (κ1) is 24.4. The van der Waals surface area contributed by atoms with Crippen molar-refractivity contribution in [2.75, 3.05) is 25.5 Å². The Labute approximate surface area is 207 Å². The van der Waals surface area contributed by atoms with Crippen molar-refractivity contribution in [3.63, 3.8) is 0 Å². The van der Waals surface area contributed by atoms with Crippen molar-refractivity contribution >= 4 is 45.1 Å². The predicted molar refractivity (Wildman–Crippen MR) is 135 cm³/mol. The Balaban J connectivity index is 1.56. The van der Waals surface area contributed by atoms with Crippen LogP contribution in [-0.4, -0.2) is 49.2 Å². The third-order valence-corrected chi connectivity index (χ3v) is 7.02. The van der Waals surface area contributed by atoms with Crippen LogP contribution in [0.25, 0.3) is 23.0 Å². The molecule has 0 atom stereocenters. The molecule has 9 nitrogen and oxygen atoms in total. The van der Waals surface area contributed by atoms with E-state index in [0.29, 0.717) is 22.2 Å². The molecule has 0 saturated heterocycles. The molecule has 2 aromatic carbocycles. The maximum absolute atomic E-state index is 12.8. The summed E-state index contributed by atoms with van der Waals surface area (Å²) in [5.74, 6) is -0.140. The van der Waals surface area contributed by atoms with Gasteiger partial charge in [-0.15, -0.1) is 0 Å². The number of nitrogens with zero attached hydrogens (tertiary/aromatic N) is 3. The largest absolute Gasteiger partial charge is 0.465 e. The maximum Gasteiger partial charge on any atom is 0.339 e. The highest BCUT2D eigenvalue weighted by Crippen LogP contribution is 2.29. The van der Waals surface area contributed by atoms with Crippen molar-refractivity contribution in [1.29, 1.82) is 0 Å². The number of anilines is 1. The molecule has 0 spiro atoms. The second-order valence-corrected chi connectivity index (χ2v) is 9.50. The lowest BCUT2D eigenvalue weighted by molar-refractivity contribution is 0.0596. The van der Waals surface area contributed by atoms with Gasteiger partial charge in [0, 0.05) is 35.3 Å². The standard InChI is InChI=1S/C24H22ClN5O4S/c1-3-16-15-27-30-22(14-20(29-23(16)30)17-8-4-6-10-19(17)25)26-12-13-28-35(32,33)21-11-7-5-9-18(21)24(31)34-2/h3-11,14-15,26,28H,1,12-13H2,2H3. The van der Waals surface area contributed by atoms with Gasteiger partial charge in [-0.1, -0.05) is 54.6 Å². The lowest BCUT2D eigenvalue weighted by Gasteiger charge is -2.13. The Kier molecular flexibility index (Phi) is 7.15. The monoisotopic (exact) mass is 511 g/mol. The van der Waals surface area contributed by atoms with Gasteiger partial charge in [-0.25, -0.2) is 22.9 Å². The van der Waals surface area contributed by atoms with Crippen molar-refractivity contribution in [1.82, 2.24) is 19.3 Å². The van der Waals surface area contributed by atoms with Gasteiger partial charge in [-0.05, 0) is 18.2 Å². The smallest absolute Gasteiger partial charge is 0.339 e. The fraction of sp³-hybridized carbons (Fsp3) is 0.125. The number of benzene rings is 2. The summed E-state index contributed by atoms with van der Waals surface area (Å²) in [6, 6.07) is 15.0. The molecule has 2 N–H and O–H groups in total. The molecule has 0 aliphatic carbocycles. The van der Waals surface area contributed by atoms with E-state index in [9.17, 15) is 13.2 Å². The first-order chi connectivity index (χ1) is 16.9. The normalized spacial score (nSPS) is 11.4. The number of ether oxygens (including phenoxy) is 1. The zero-order valence-corrected chi connectivity index (χ0v) is 20.3. The van der Waals surface area contributed by atoms with E-state index < -0.39 is 16.0 Å². The third kappa shape index (κ3) is 5.04. The number of sulfonamides is 1. The predicted octanol–water partition coefficient (Wildman–Crippen LogP) is 3.87. The summed E-state index contributed by atoms with van der Waals surface area (Å²) in [4.78, 5) is 16.5. The fourth-order valence-corrected chi connectivity index (χ4v) is 4.95. The molecule has 0 aliphatic heterocycles. The number of nitrogens with one attached hydrogen (secondary N) is 2. The number of methoxy groups -OCH3 is 1. The molecule has 2 aromatic heterocycles. The molecule has 0 fully saturated rings. The Morgan fingerprint density at radius 2 is 1.91 bits per heavy atom. The number of esters is 1. The Morgan fingerprint density at radius 1 is 1.17 bits per heavy atom. The van der Waals surface area contributed by atoms with Gasteiger partial charge in [0.05, 0.1) is 29.5 Å². The Morgan fingerprint density at radius 3 is 2.66 bits per heavy atom. The van der Waals surface area contributed by atoms with Gasteiger partial charge in [0.25, 0.3) is 0 Å². The molecule has 11 heteroatoms. The molecule has 35 heavy (non-hydrogen) atoms. The molecule has 0 amide bonds. The van der Waals surface area contributed by atoms with Crippen LogP contribution < -0.4 is 10.0 Å². The first-order valence-electron chi connectivity index (χ1n) is 10.5. The number of fused-ring (bicyclic) bond motifs is 1. The number of rotatable bonds is 9. The van der Waals surface area contributed by atoms with Crippen molar-refractivity contribution in [3.05, 3.63) is 83.5 Å². The molecular weight excluding hydrogens is 490 g/mol. The van der Waals surface area contributed by atoms with Crippen LogP contribution in [0, 0.1) is 0 Å². The average molecular weight is 512 g/mol. The molecular formula is C24H22ClN5O4S. The minimum Gasteiger partial charge on any atom is -0.465 e. The van der Waals surface area contributed by atoms with E-state index in [4.69, 9.17) is 11.6 Å². The topological polar surface area (TPSA) is 115 Å². The Bertz CT molecular complexity index is 1520. The van der Waals surface area contributed by atoms with Crippen LogP contribution in [0.15, 0.2) is 72.3 Å². The summed E-state index contributed by atoms with van der Waals surface area (Å²) >= 11 is 6.38. The average Bonchev–Trinajstić information content (AvgIpc) is 3.29. The van der Waals surface area contributed by atoms with Crippen LogP contribution in [0.2, 0.25) is 5.02 Å². The zero-order valence-electron chi connectivity index (χ0n) is 18.7. The minimum atomic E-state index is -3.96. The molecule has 0 unspecified atom stereocenters. The van der Waals surface area contributed by atoms with E-state index in [0.717, 1.165) is 11.1 Å². The van der Waals surface area contributed by atoms with Crippen molar-refractivity contribution < 1.29 is 17.9 Å². The van der Waals surface area contributed by atoms with Crippen LogP contribution in [0.4, 0.5) is 5.82 Å². The van der Waals surface area contributed by atoms with Crippen molar-refractivity contribution in [2.24, 2.45) is 0 Å². The number of aromatic nitrogens is 3. The second kappa shape index (κ2) is 10.3.